The van der Waals surface area contributed by atoms with Crippen molar-refractivity contribution in [1.82, 2.24) is 4.90 Å². The molecular weight excluding hydrogens is 354 g/mol. The summed E-state index contributed by atoms with van der Waals surface area (Å²) in [6, 6.07) is 9.84. The summed E-state index contributed by atoms with van der Waals surface area (Å²) in [5.74, 6) is -0.107. The van der Waals surface area contributed by atoms with Gasteiger partial charge in [0.15, 0.2) is 0 Å². The van der Waals surface area contributed by atoms with E-state index in [2.05, 4.69) is 6.92 Å². The zero-order valence-electron chi connectivity index (χ0n) is 17.2. The first kappa shape index (κ1) is 21.0. The maximum atomic E-state index is 13.1. The van der Waals surface area contributed by atoms with Gasteiger partial charge in [-0.2, -0.15) is 0 Å². The maximum Gasteiger partial charge on any atom is 0.225 e. The molecule has 2 aliphatic rings. The van der Waals surface area contributed by atoms with Gasteiger partial charge in [-0.3, -0.25) is 4.79 Å². The highest BCUT2D eigenvalue weighted by atomic mass is 16.6. The number of hydrogen-bond donors (Lipinski definition) is 1. The summed E-state index contributed by atoms with van der Waals surface area (Å²) in [7, 11) is 1.65. The Kier molecular flexibility index (Phi) is 6.91. The number of carbonyl (C=O) groups is 1. The third-order valence-electron chi connectivity index (χ3n) is 5.92. The van der Waals surface area contributed by atoms with Gasteiger partial charge >= 0.3 is 0 Å². The van der Waals surface area contributed by atoms with E-state index in [1.165, 1.54) is 0 Å². The molecule has 2 aliphatic heterocycles. The Morgan fingerprint density at radius 1 is 1.39 bits per heavy atom. The van der Waals surface area contributed by atoms with Crippen molar-refractivity contribution >= 4 is 5.91 Å². The predicted molar refractivity (Wildman–Crippen MR) is 109 cm³/mol. The van der Waals surface area contributed by atoms with Crippen molar-refractivity contribution in [1.29, 1.82) is 0 Å². The minimum atomic E-state index is -0.734. The number of aliphatic hydroxyl groups excluding tert-OH is 1. The SMILES string of the molecule is CCCC/C=C/C(O)[C@@H]1CC(=O)N2[C@@H](COC)[C@H](c3ccccc3)O[C@]2(C)C1. The number of unbranched alkanes of at least 4 members (excludes halogenated alkanes) is 2. The molecule has 0 bridgehead atoms. The lowest BCUT2D eigenvalue weighted by Gasteiger charge is -2.44. The van der Waals surface area contributed by atoms with Gasteiger partial charge in [-0.1, -0.05) is 62.2 Å². The average Bonchev–Trinajstić information content (AvgIpc) is 2.99. The Hall–Kier alpha value is -1.69. The lowest BCUT2D eigenvalue weighted by atomic mass is 9.84. The number of rotatable bonds is 8. The number of fused-ring (bicyclic) bond motifs is 1. The topological polar surface area (TPSA) is 59.0 Å². The molecule has 0 radical (unpaired) electrons. The average molecular weight is 388 g/mol. The number of piperidine rings is 1. The fraction of sp³-hybridized carbons (Fsp3) is 0.609. The summed E-state index contributed by atoms with van der Waals surface area (Å²) in [6.07, 6.45) is 7.17. The first-order chi connectivity index (χ1) is 13.5. The largest absolute Gasteiger partial charge is 0.389 e. The number of benzene rings is 1. The number of ether oxygens (including phenoxy) is 2. The first-order valence-electron chi connectivity index (χ1n) is 10.4. The van der Waals surface area contributed by atoms with E-state index in [4.69, 9.17) is 9.47 Å². The van der Waals surface area contributed by atoms with Gasteiger partial charge in [0, 0.05) is 25.9 Å². The molecule has 1 aromatic carbocycles. The molecular formula is C23H33NO4. The summed E-state index contributed by atoms with van der Waals surface area (Å²) in [4.78, 5) is 14.9. The van der Waals surface area contributed by atoms with Gasteiger partial charge in [-0.15, -0.1) is 0 Å². The Bertz CT molecular complexity index is 676. The van der Waals surface area contributed by atoms with Crippen molar-refractivity contribution in [3.63, 3.8) is 0 Å². The third-order valence-corrected chi connectivity index (χ3v) is 5.92. The number of carbonyl (C=O) groups excluding carboxylic acids is 1. The molecule has 2 heterocycles. The van der Waals surface area contributed by atoms with E-state index < -0.39 is 11.8 Å². The van der Waals surface area contributed by atoms with Crippen LogP contribution >= 0.6 is 0 Å². The number of methoxy groups -OCH3 is 1. The number of amides is 1. The van der Waals surface area contributed by atoms with E-state index in [-0.39, 0.29) is 24.0 Å². The van der Waals surface area contributed by atoms with E-state index in [0.29, 0.717) is 19.4 Å². The zero-order chi connectivity index (χ0) is 20.1. The number of aliphatic hydroxyl groups is 1. The molecule has 0 spiro atoms. The Labute approximate surface area is 168 Å². The molecule has 0 saturated carbocycles. The van der Waals surface area contributed by atoms with Crippen LogP contribution in [0.15, 0.2) is 42.5 Å². The molecule has 1 amide bonds. The highest BCUT2D eigenvalue weighted by Crippen LogP contribution is 2.48. The monoisotopic (exact) mass is 387 g/mol. The fourth-order valence-corrected chi connectivity index (χ4v) is 4.59. The van der Waals surface area contributed by atoms with Crippen LogP contribution in [0.2, 0.25) is 0 Å². The molecule has 5 nitrogen and oxygen atoms in total. The second kappa shape index (κ2) is 9.21. The summed E-state index contributed by atoms with van der Waals surface area (Å²) in [5, 5.41) is 10.6. The van der Waals surface area contributed by atoms with Crippen LogP contribution < -0.4 is 0 Å². The maximum absolute atomic E-state index is 13.1. The van der Waals surface area contributed by atoms with Crippen LogP contribution in [0.5, 0.6) is 0 Å². The van der Waals surface area contributed by atoms with Crippen molar-refractivity contribution in [2.75, 3.05) is 13.7 Å². The summed E-state index contributed by atoms with van der Waals surface area (Å²) >= 11 is 0. The standard InChI is InChI=1S/C23H33NO4/c1-4-5-6-10-13-20(25)18-14-21(26)24-19(16-27-3)22(28-23(24,2)15-18)17-11-8-7-9-12-17/h7-13,18-20,22,25H,4-6,14-16H2,1-3H3/b13-10+/t18-,19+,20?,22+,23-/m1/s1. The van der Waals surface area contributed by atoms with Gasteiger partial charge in [0.25, 0.3) is 0 Å². The van der Waals surface area contributed by atoms with Gasteiger partial charge < -0.3 is 19.5 Å². The predicted octanol–water partition coefficient (Wildman–Crippen LogP) is 3.84. The smallest absolute Gasteiger partial charge is 0.225 e. The highest BCUT2D eigenvalue weighted by molar-refractivity contribution is 5.79. The van der Waals surface area contributed by atoms with Gasteiger partial charge in [0.1, 0.15) is 11.8 Å². The molecule has 3 rings (SSSR count). The first-order valence-corrected chi connectivity index (χ1v) is 10.4. The fourth-order valence-electron chi connectivity index (χ4n) is 4.59. The molecule has 0 aromatic heterocycles. The molecule has 1 aromatic rings. The van der Waals surface area contributed by atoms with E-state index in [1.54, 1.807) is 7.11 Å². The van der Waals surface area contributed by atoms with E-state index in [0.717, 1.165) is 24.8 Å². The summed E-state index contributed by atoms with van der Waals surface area (Å²) in [5.41, 5.74) is 0.312. The van der Waals surface area contributed by atoms with Gasteiger partial charge in [0.05, 0.1) is 18.8 Å². The van der Waals surface area contributed by atoms with Crippen molar-refractivity contribution < 1.29 is 19.4 Å². The van der Waals surface area contributed by atoms with Crippen molar-refractivity contribution in [2.45, 2.75) is 69.9 Å². The van der Waals surface area contributed by atoms with Crippen molar-refractivity contribution in [3.05, 3.63) is 48.0 Å². The van der Waals surface area contributed by atoms with Gasteiger partial charge in [-0.05, 0) is 18.9 Å². The van der Waals surface area contributed by atoms with Gasteiger partial charge in [0.2, 0.25) is 5.91 Å². The van der Waals surface area contributed by atoms with Crippen LogP contribution in [0, 0.1) is 5.92 Å². The van der Waals surface area contributed by atoms with Gasteiger partial charge in [-0.25, -0.2) is 0 Å². The van der Waals surface area contributed by atoms with Crippen LogP contribution in [0.4, 0.5) is 0 Å². The molecule has 154 valence electrons. The molecule has 2 saturated heterocycles. The lowest BCUT2D eigenvalue weighted by molar-refractivity contribution is -0.169. The zero-order valence-corrected chi connectivity index (χ0v) is 17.2. The molecule has 5 heteroatoms. The van der Waals surface area contributed by atoms with Crippen molar-refractivity contribution in [2.24, 2.45) is 5.92 Å². The highest BCUT2D eigenvalue weighted by Gasteiger charge is 2.56. The van der Waals surface area contributed by atoms with Crippen LogP contribution in [-0.2, 0) is 14.3 Å². The lowest BCUT2D eigenvalue weighted by Crippen LogP contribution is -2.56. The second-order valence-corrected chi connectivity index (χ2v) is 8.14. The second-order valence-electron chi connectivity index (χ2n) is 8.14. The quantitative estimate of drug-likeness (QED) is 0.544. The molecule has 1 unspecified atom stereocenters. The van der Waals surface area contributed by atoms with Crippen LogP contribution in [0.25, 0.3) is 0 Å². The number of nitrogens with zero attached hydrogens (tertiary/aromatic N) is 1. The summed E-state index contributed by atoms with van der Waals surface area (Å²) < 4.78 is 11.9. The molecule has 1 N–H and O–H groups in total. The molecule has 28 heavy (non-hydrogen) atoms. The molecule has 5 atom stereocenters. The molecule has 0 aliphatic carbocycles. The van der Waals surface area contributed by atoms with E-state index in [9.17, 15) is 9.90 Å². The Morgan fingerprint density at radius 2 is 2.14 bits per heavy atom. The van der Waals surface area contributed by atoms with E-state index in [1.807, 2.05) is 54.3 Å². The minimum absolute atomic E-state index is 0.0280. The van der Waals surface area contributed by atoms with Crippen LogP contribution in [0.1, 0.15) is 57.6 Å². The number of allylic oxidation sites excluding steroid dienone is 1. The van der Waals surface area contributed by atoms with Crippen LogP contribution in [-0.4, -0.2) is 47.5 Å². The Balaban J connectivity index is 1.79. The Morgan fingerprint density at radius 3 is 2.82 bits per heavy atom. The normalized spacial score (nSPS) is 31.4. The minimum Gasteiger partial charge on any atom is -0.389 e. The third kappa shape index (κ3) is 4.32. The van der Waals surface area contributed by atoms with Crippen molar-refractivity contribution in [3.8, 4) is 0 Å². The van der Waals surface area contributed by atoms with E-state index >= 15 is 0 Å². The summed E-state index contributed by atoms with van der Waals surface area (Å²) in [6.45, 7) is 4.54. The molecule has 2 fully saturated rings. The van der Waals surface area contributed by atoms with Crippen LogP contribution in [0.3, 0.4) is 0 Å². The number of hydrogen-bond acceptors (Lipinski definition) is 4.